The van der Waals surface area contributed by atoms with E-state index in [2.05, 4.69) is 168 Å². The van der Waals surface area contributed by atoms with Gasteiger partial charge in [-0.1, -0.05) is 103 Å². The number of fused-ring (bicyclic) bond motifs is 6. The van der Waals surface area contributed by atoms with E-state index < -0.39 is 0 Å². The standard InChI is InChI=1S/C45H36N4/c1-30-24-31(26-32-12-11-13-33(29-46)45(32)49-42-20-9-5-16-38(42)39-17-6-10-21-43(39)49)27-34(25-30)44-28-35(22-23-47(44)2)48-40-18-7-3-14-36(40)37-15-4-8-19-41(37)48/h3-22,24-25,27-28,36,40H,23,26H2,1-2H3. The zero-order valence-corrected chi connectivity index (χ0v) is 27.7. The van der Waals surface area contributed by atoms with Gasteiger partial charge in [0.05, 0.1) is 28.3 Å². The fraction of sp³-hybridized carbons (Fsp3) is 0.133. The van der Waals surface area contributed by atoms with Gasteiger partial charge in [0.2, 0.25) is 0 Å². The molecular weight excluding hydrogens is 597 g/mol. The summed E-state index contributed by atoms with van der Waals surface area (Å²) in [6, 6.07) is 41.7. The number of aromatic nitrogens is 1. The van der Waals surface area contributed by atoms with Gasteiger partial charge in [0, 0.05) is 47.4 Å². The monoisotopic (exact) mass is 632 g/mol. The third-order valence-electron chi connectivity index (χ3n) is 10.4. The Morgan fingerprint density at radius 1 is 0.796 bits per heavy atom. The first-order valence-electron chi connectivity index (χ1n) is 17.1. The SMILES string of the molecule is Cc1cc(Cc2cccc(C#N)c2-n2c3ccccc3c3ccccc32)cc(C2=CC(N3c4ccccc4C4C=CC=CC43)=CCN2C)c1. The first-order valence-corrected chi connectivity index (χ1v) is 17.1. The smallest absolute Gasteiger partial charge is 0.101 e. The molecule has 4 nitrogen and oxygen atoms in total. The highest BCUT2D eigenvalue weighted by atomic mass is 15.2. The number of para-hydroxylation sites is 4. The topological polar surface area (TPSA) is 35.2 Å². The molecular formula is C45H36N4. The van der Waals surface area contributed by atoms with Crippen LogP contribution in [0.3, 0.4) is 0 Å². The van der Waals surface area contributed by atoms with E-state index in [-0.39, 0.29) is 6.04 Å². The maximum Gasteiger partial charge on any atom is 0.101 e. The summed E-state index contributed by atoms with van der Waals surface area (Å²) in [4.78, 5) is 4.87. The van der Waals surface area contributed by atoms with Crippen molar-refractivity contribution < 1.29 is 0 Å². The number of nitrogens with zero attached hydrogens (tertiary/aromatic N) is 4. The molecule has 0 bridgehead atoms. The van der Waals surface area contributed by atoms with E-state index in [9.17, 15) is 5.26 Å². The van der Waals surface area contributed by atoms with Crippen LogP contribution in [0.4, 0.5) is 5.69 Å². The van der Waals surface area contributed by atoms with E-state index >= 15 is 0 Å². The van der Waals surface area contributed by atoms with Crippen LogP contribution in [0, 0.1) is 18.3 Å². The number of anilines is 1. The van der Waals surface area contributed by atoms with E-state index in [0.717, 1.165) is 28.8 Å². The van der Waals surface area contributed by atoms with Gasteiger partial charge < -0.3 is 14.4 Å². The largest absolute Gasteiger partial charge is 0.370 e. The molecule has 1 aromatic heterocycles. The van der Waals surface area contributed by atoms with Gasteiger partial charge >= 0.3 is 0 Å². The average Bonchev–Trinajstić information content (AvgIpc) is 3.65. The number of nitriles is 1. The first kappa shape index (κ1) is 29.1. The summed E-state index contributed by atoms with van der Waals surface area (Å²) in [6.07, 6.45) is 14.5. The lowest BCUT2D eigenvalue weighted by molar-refractivity contribution is 0.526. The molecule has 6 aromatic rings. The van der Waals surface area contributed by atoms with Crippen LogP contribution in [0.5, 0.6) is 0 Å². The second-order valence-electron chi connectivity index (χ2n) is 13.4. The second-order valence-corrected chi connectivity index (χ2v) is 13.4. The summed E-state index contributed by atoms with van der Waals surface area (Å²) in [5.74, 6) is 0.358. The van der Waals surface area contributed by atoms with Gasteiger partial charge in [-0.15, -0.1) is 0 Å². The zero-order chi connectivity index (χ0) is 33.1. The lowest BCUT2D eigenvalue weighted by Crippen LogP contribution is -2.34. The quantitative estimate of drug-likeness (QED) is 0.190. The Balaban J connectivity index is 1.13. The van der Waals surface area contributed by atoms with Gasteiger partial charge in [0.15, 0.2) is 0 Å². The third-order valence-corrected chi connectivity index (χ3v) is 10.4. The summed E-state index contributed by atoms with van der Waals surface area (Å²) in [6.45, 7) is 3.02. The van der Waals surface area contributed by atoms with Crippen LogP contribution in [-0.2, 0) is 6.42 Å². The first-order chi connectivity index (χ1) is 24.1. The molecule has 4 heteroatoms. The molecule has 3 aliphatic rings. The molecule has 3 heterocycles. The lowest BCUT2D eigenvalue weighted by atomic mass is 9.91. The van der Waals surface area contributed by atoms with Crippen molar-refractivity contribution >= 4 is 33.2 Å². The molecule has 0 radical (unpaired) electrons. The van der Waals surface area contributed by atoms with Crippen molar-refractivity contribution in [2.75, 3.05) is 18.5 Å². The fourth-order valence-electron chi connectivity index (χ4n) is 8.28. The molecule has 2 aliphatic heterocycles. The molecule has 0 N–H and O–H groups in total. The normalized spacial score (nSPS) is 18.0. The Morgan fingerprint density at radius 3 is 2.33 bits per heavy atom. The Bertz CT molecular complexity index is 2410. The number of allylic oxidation sites excluding steroid dienone is 3. The molecule has 5 aromatic carbocycles. The number of hydrogen-bond acceptors (Lipinski definition) is 3. The van der Waals surface area contributed by atoms with Gasteiger partial charge in [0.1, 0.15) is 6.07 Å². The number of benzene rings is 5. The van der Waals surface area contributed by atoms with Crippen LogP contribution in [0.1, 0.15) is 39.3 Å². The van der Waals surface area contributed by atoms with Gasteiger partial charge in [0.25, 0.3) is 0 Å². The minimum atomic E-state index is 0.273. The van der Waals surface area contributed by atoms with Crippen molar-refractivity contribution in [2.45, 2.75) is 25.3 Å². The van der Waals surface area contributed by atoms with E-state index in [0.29, 0.717) is 17.9 Å². The molecule has 2 unspecified atom stereocenters. The van der Waals surface area contributed by atoms with E-state index in [1.165, 1.54) is 50.1 Å². The van der Waals surface area contributed by atoms with Crippen molar-refractivity contribution in [3.63, 3.8) is 0 Å². The highest BCUT2D eigenvalue weighted by Gasteiger charge is 2.38. The Morgan fingerprint density at radius 2 is 1.53 bits per heavy atom. The maximum absolute atomic E-state index is 10.4. The van der Waals surface area contributed by atoms with Crippen molar-refractivity contribution in [2.24, 2.45) is 0 Å². The van der Waals surface area contributed by atoms with Crippen molar-refractivity contribution in [3.05, 3.63) is 185 Å². The van der Waals surface area contributed by atoms with E-state index in [1.807, 2.05) is 12.1 Å². The summed E-state index contributed by atoms with van der Waals surface area (Å²) < 4.78 is 2.29. The average molecular weight is 633 g/mol. The van der Waals surface area contributed by atoms with Gasteiger partial charge in [-0.25, -0.2) is 0 Å². The van der Waals surface area contributed by atoms with Crippen molar-refractivity contribution in [1.82, 2.24) is 9.47 Å². The zero-order valence-electron chi connectivity index (χ0n) is 27.7. The number of aryl methyl sites for hydroxylation is 1. The molecule has 0 saturated heterocycles. The highest BCUT2D eigenvalue weighted by Crippen LogP contribution is 2.46. The van der Waals surface area contributed by atoms with Gasteiger partial charge in [-0.3, -0.25) is 0 Å². The molecule has 1 aliphatic carbocycles. The highest BCUT2D eigenvalue weighted by molar-refractivity contribution is 6.09. The predicted octanol–water partition coefficient (Wildman–Crippen LogP) is 9.82. The minimum absolute atomic E-state index is 0.273. The summed E-state index contributed by atoms with van der Waals surface area (Å²) in [5.41, 5.74) is 13.8. The molecule has 9 rings (SSSR count). The number of rotatable bonds is 5. The van der Waals surface area contributed by atoms with E-state index in [4.69, 9.17) is 0 Å². The number of likely N-dealkylation sites (N-methyl/N-ethyl adjacent to an activating group) is 1. The van der Waals surface area contributed by atoms with Crippen LogP contribution >= 0.6 is 0 Å². The van der Waals surface area contributed by atoms with Crippen LogP contribution in [-0.4, -0.2) is 29.1 Å². The minimum Gasteiger partial charge on any atom is -0.370 e. The Labute approximate surface area is 287 Å². The van der Waals surface area contributed by atoms with Crippen LogP contribution < -0.4 is 4.90 Å². The molecule has 0 fully saturated rings. The van der Waals surface area contributed by atoms with Gasteiger partial charge in [-0.2, -0.15) is 5.26 Å². The molecule has 0 amide bonds. The fourth-order valence-corrected chi connectivity index (χ4v) is 8.28. The molecule has 2 atom stereocenters. The Hall–Kier alpha value is -6.05. The summed E-state index contributed by atoms with van der Waals surface area (Å²) in [5, 5.41) is 12.8. The second kappa shape index (κ2) is 11.6. The predicted molar refractivity (Wildman–Crippen MR) is 202 cm³/mol. The van der Waals surface area contributed by atoms with Crippen LogP contribution in [0.2, 0.25) is 0 Å². The molecule has 0 spiro atoms. The molecule has 49 heavy (non-hydrogen) atoms. The Kier molecular flexibility index (Phi) is 6.88. The van der Waals surface area contributed by atoms with Crippen LogP contribution in [0.25, 0.3) is 33.2 Å². The summed E-state index contributed by atoms with van der Waals surface area (Å²) in [7, 11) is 2.18. The van der Waals surface area contributed by atoms with Crippen molar-refractivity contribution in [3.8, 4) is 11.8 Å². The maximum atomic E-state index is 10.4. The van der Waals surface area contributed by atoms with Gasteiger partial charge in [-0.05, 0) is 84.1 Å². The van der Waals surface area contributed by atoms with E-state index in [1.54, 1.807) is 0 Å². The van der Waals surface area contributed by atoms with Crippen LogP contribution in [0.15, 0.2) is 151 Å². The summed E-state index contributed by atoms with van der Waals surface area (Å²) >= 11 is 0. The molecule has 236 valence electrons. The molecule has 0 saturated carbocycles. The van der Waals surface area contributed by atoms with Crippen molar-refractivity contribution in [1.29, 1.82) is 5.26 Å². The lowest BCUT2D eigenvalue weighted by Gasteiger charge is -2.34. The third kappa shape index (κ3) is 4.73. The number of hydrogen-bond donors (Lipinski definition) is 0.